The van der Waals surface area contributed by atoms with Gasteiger partial charge in [0.05, 0.1) is 18.1 Å². The summed E-state index contributed by atoms with van der Waals surface area (Å²) in [5, 5.41) is 19.4. The number of hydrogen-bond donors (Lipinski definition) is 1. The van der Waals surface area contributed by atoms with Crippen molar-refractivity contribution in [3.8, 4) is 6.07 Å². The second-order valence-corrected chi connectivity index (χ2v) is 4.22. The smallest absolute Gasteiger partial charge is 0.106 e. The van der Waals surface area contributed by atoms with Crippen molar-refractivity contribution in [3.63, 3.8) is 0 Å². The Morgan fingerprint density at radius 3 is 2.75 bits per heavy atom. The zero-order valence-electron chi connectivity index (χ0n) is 9.13. The molecule has 0 amide bonds. The molecule has 16 heavy (non-hydrogen) atoms. The molecule has 0 spiro atoms. The lowest BCUT2D eigenvalue weighted by atomic mass is 9.82. The van der Waals surface area contributed by atoms with Gasteiger partial charge in [-0.3, -0.25) is 0 Å². The summed E-state index contributed by atoms with van der Waals surface area (Å²) in [7, 11) is 0. The molecule has 0 bridgehead atoms. The average Bonchev–Trinajstić information content (AvgIpc) is 2.80. The van der Waals surface area contributed by atoms with Gasteiger partial charge in [0.2, 0.25) is 0 Å². The maximum absolute atomic E-state index is 10.6. The number of rotatable bonds is 2. The number of hydrogen-bond acceptors (Lipinski definition) is 3. The van der Waals surface area contributed by atoms with E-state index in [-0.39, 0.29) is 0 Å². The Kier molecular flexibility index (Phi) is 3.07. The highest BCUT2D eigenvalue weighted by molar-refractivity contribution is 5.57. The van der Waals surface area contributed by atoms with Crippen LogP contribution in [0, 0.1) is 11.3 Å². The lowest BCUT2D eigenvalue weighted by Crippen LogP contribution is -2.34. The number of nitrogens with zero attached hydrogens (tertiary/aromatic N) is 3. The number of allylic oxidation sites excluding steroid dienone is 1. The third kappa shape index (κ3) is 2.00. The molecule has 4 heteroatoms. The molecule has 1 N–H and O–H groups in total. The van der Waals surface area contributed by atoms with Gasteiger partial charge in [0.15, 0.2) is 0 Å². The fourth-order valence-corrected chi connectivity index (χ4v) is 2.30. The van der Waals surface area contributed by atoms with Crippen molar-refractivity contribution in [2.45, 2.75) is 37.7 Å². The van der Waals surface area contributed by atoms with Crippen molar-refractivity contribution in [2.24, 2.45) is 0 Å². The highest BCUT2D eigenvalue weighted by atomic mass is 16.3. The molecule has 84 valence electrons. The minimum atomic E-state index is -0.866. The van der Waals surface area contributed by atoms with Crippen molar-refractivity contribution in [1.82, 2.24) is 9.55 Å². The molecule has 1 aromatic rings. The molecule has 1 aliphatic carbocycles. The first-order chi connectivity index (χ1) is 7.76. The highest BCUT2D eigenvalue weighted by Gasteiger charge is 2.34. The van der Waals surface area contributed by atoms with Crippen LogP contribution in [-0.2, 0) is 0 Å². The predicted molar refractivity (Wildman–Crippen MR) is 60.1 cm³/mol. The van der Waals surface area contributed by atoms with E-state index >= 15 is 0 Å². The average molecular weight is 217 g/mol. The van der Waals surface area contributed by atoms with E-state index < -0.39 is 5.60 Å². The van der Waals surface area contributed by atoms with Gasteiger partial charge in [-0.1, -0.05) is 19.3 Å². The number of aliphatic hydroxyl groups is 1. The van der Waals surface area contributed by atoms with Gasteiger partial charge >= 0.3 is 0 Å². The van der Waals surface area contributed by atoms with E-state index in [1.165, 1.54) is 6.08 Å². The minimum absolute atomic E-state index is 0.646. The molecule has 1 saturated carbocycles. The molecule has 1 fully saturated rings. The van der Waals surface area contributed by atoms with Crippen molar-refractivity contribution in [2.75, 3.05) is 0 Å². The molecule has 0 saturated heterocycles. The molecule has 4 nitrogen and oxygen atoms in total. The predicted octanol–water partition coefficient (Wildman–Crippen LogP) is 1.94. The van der Waals surface area contributed by atoms with E-state index in [1.54, 1.807) is 23.3 Å². The molecule has 1 aromatic heterocycles. The largest absolute Gasteiger partial charge is 0.384 e. The van der Waals surface area contributed by atoms with Crippen molar-refractivity contribution in [3.05, 3.63) is 24.8 Å². The Labute approximate surface area is 94.8 Å². The van der Waals surface area contributed by atoms with Crippen LogP contribution in [0.25, 0.3) is 5.70 Å². The van der Waals surface area contributed by atoms with Gasteiger partial charge in [-0.15, -0.1) is 0 Å². The lowest BCUT2D eigenvalue weighted by molar-refractivity contribution is 0.0562. The maximum atomic E-state index is 10.6. The lowest BCUT2D eigenvalue weighted by Gasteiger charge is -2.34. The van der Waals surface area contributed by atoms with Gasteiger partial charge in [0, 0.05) is 18.5 Å². The number of imidazole rings is 1. The van der Waals surface area contributed by atoms with Crippen molar-refractivity contribution < 1.29 is 5.11 Å². The molecule has 0 aromatic carbocycles. The van der Waals surface area contributed by atoms with Gasteiger partial charge in [0.1, 0.15) is 5.60 Å². The van der Waals surface area contributed by atoms with Crippen LogP contribution in [0.4, 0.5) is 0 Å². The zero-order chi connectivity index (χ0) is 11.4. The minimum Gasteiger partial charge on any atom is -0.384 e. The van der Waals surface area contributed by atoms with E-state index in [0.717, 1.165) is 32.1 Å². The maximum Gasteiger partial charge on any atom is 0.106 e. The van der Waals surface area contributed by atoms with Crippen LogP contribution in [0.2, 0.25) is 0 Å². The van der Waals surface area contributed by atoms with E-state index in [0.29, 0.717) is 5.70 Å². The summed E-state index contributed by atoms with van der Waals surface area (Å²) in [5.41, 5.74) is -0.221. The van der Waals surface area contributed by atoms with Gasteiger partial charge in [-0.05, 0) is 12.8 Å². The molecule has 0 unspecified atom stereocenters. The third-order valence-corrected chi connectivity index (χ3v) is 3.14. The zero-order valence-corrected chi connectivity index (χ0v) is 9.13. The fourth-order valence-electron chi connectivity index (χ4n) is 2.30. The molecule has 1 heterocycles. The first-order valence-electron chi connectivity index (χ1n) is 5.57. The second kappa shape index (κ2) is 4.50. The molecular weight excluding hydrogens is 202 g/mol. The summed E-state index contributed by atoms with van der Waals surface area (Å²) >= 11 is 0. The summed E-state index contributed by atoms with van der Waals surface area (Å²) in [4.78, 5) is 3.95. The van der Waals surface area contributed by atoms with Gasteiger partial charge < -0.3 is 9.67 Å². The quantitative estimate of drug-likeness (QED) is 0.770. The Balaban J connectivity index is 2.33. The summed E-state index contributed by atoms with van der Waals surface area (Å²) in [6.07, 6.45) is 11.1. The van der Waals surface area contributed by atoms with E-state index in [4.69, 9.17) is 5.26 Å². The summed E-state index contributed by atoms with van der Waals surface area (Å²) in [5.74, 6) is 0. The standard InChI is InChI=1S/C12H15N3O/c13-7-4-11(15-9-8-14-10-15)12(16)5-2-1-3-6-12/h4,8-10,16H,1-3,5-6H2/b11-4-. The van der Waals surface area contributed by atoms with Crippen LogP contribution in [0.15, 0.2) is 24.8 Å². The van der Waals surface area contributed by atoms with Crippen molar-refractivity contribution >= 4 is 5.70 Å². The molecule has 1 aliphatic rings. The summed E-state index contributed by atoms with van der Waals surface area (Å²) < 4.78 is 1.73. The summed E-state index contributed by atoms with van der Waals surface area (Å²) in [6, 6.07) is 2.01. The van der Waals surface area contributed by atoms with Crippen LogP contribution in [-0.4, -0.2) is 20.3 Å². The second-order valence-electron chi connectivity index (χ2n) is 4.22. The number of nitriles is 1. The molecule has 2 rings (SSSR count). The topological polar surface area (TPSA) is 61.8 Å². The first kappa shape index (κ1) is 10.9. The van der Waals surface area contributed by atoms with E-state index in [2.05, 4.69) is 4.98 Å². The van der Waals surface area contributed by atoms with Crippen LogP contribution < -0.4 is 0 Å². The highest BCUT2D eigenvalue weighted by Crippen LogP contribution is 2.36. The Morgan fingerprint density at radius 1 is 1.44 bits per heavy atom. The molecule has 0 aliphatic heterocycles. The Hall–Kier alpha value is -1.60. The first-order valence-corrected chi connectivity index (χ1v) is 5.57. The molecular formula is C12H15N3O. The van der Waals surface area contributed by atoms with Crippen LogP contribution in [0.1, 0.15) is 32.1 Å². The van der Waals surface area contributed by atoms with Crippen LogP contribution >= 0.6 is 0 Å². The molecule has 0 atom stereocenters. The molecule has 0 radical (unpaired) electrons. The van der Waals surface area contributed by atoms with E-state index in [9.17, 15) is 5.11 Å². The SMILES string of the molecule is N#C/C=C(\n1ccnc1)C1(O)CCCCC1. The van der Waals surface area contributed by atoms with Crippen molar-refractivity contribution in [1.29, 1.82) is 5.26 Å². The van der Waals surface area contributed by atoms with Gasteiger partial charge in [0.25, 0.3) is 0 Å². The van der Waals surface area contributed by atoms with Crippen LogP contribution in [0.3, 0.4) is 0 Å². The summed E-state index contributed by atoms with van der Waals surface area (Å²) in [6.45, 7) is 0. The Bertz CT molecular complexity index is 408. The third-order valence-electron chi connectivity index (χ3n) is 3.14. The monoisotopic (exact) mass is 217 g/mol. The van der Waals surface area contributed by atoms with Gasteiger partial charge in [-0.25, -0.2) is 4.98 Å². The van der Waals surface area contributed by atoms with Gasteiger partial charge in [-0.2, -0.15) is 5.26 Å². The normalized spacial score (nSPS) is 20.4. The fraction of sp³-hybridized carbons (Fsp3) is 0.500. The number of aromatic nitrogens is 2. The van der Waals surface area contributed by atoms with Crippen LogP contribution in [0.5, 0.6) is 0 Å². The Morgan fingerprint density at radius 2 is 2.19 bits per heavy atom. The van der Waals surface area contributed by atoms with E-state index in [1.807, 2.05) is 6.07 Å².